The number of ether oxygens (including phenoxy) is 2. The van der Waals surface area contributed by atoms with Crippen LogP contribution >= 0.6 is 11.9 Å². The van der Waals surface area contributed by atoms with Crippen LogP contribution in [0.1, 0.15) is 31.8 Å². The molecule has 7 nitrogen and oxygen atoms in total. The van der Waals surface area contributed by atoms with E-state index in [4.69, 9.17) is 15.2 Å². The number of likely N-dealkylation sites (tertiary alicyclic amines) is 1. The molecule has 0 bridgehead atoms. The van der Waals surface area contributed by atoms with Crippen LogP contribution in [0.3, 0.4) is 0 Å². The van der Waals surface area contributed by atoms with Crippen LogP contribution in [0.15, 0.2) is 35.3 Å². The van der Waals surface area contributed by atoms with Crippen LogP contribution in [0.2, 0.25) is 0 Å². The average molecular weight is 466 g/mol. The van der Waals surface area contributed by atoms with Crippen molar-refractivity contribution >= 4 is 23.5 Å². The molecule has 0 amide bonds. The third-order valence-electron chi connectivity index (χ3n) is 6.77. The van der Waals surface area contributed by atoms with Crippen LogP contribution < -0.4 is 10.0 Å². The standard InChI is InChI=1S/C22H29F2N5O2S/c1-15-12-30-7-6-28(15)16-8-20(27-4-2-22(3-5-27)13-31-14-22)32-29(11-16)18-10-26-19(25)9-17(18)21(23)24/h8-11,15,21H,2-7,12-14H2,1H3,(H2,25,26)/t15-/m1/s1. The van der Waals surface area contributed by atoms with Crippen LogP contribution in [0, 0.1) is 5.41 Å². The zero-order valence-corrected chi connectivity index (χ0v) is 19.0. The monoisotopic (exact) mass is 465 g/mol. The molecule has 10 heteroatoms. The number of nitrogens with zero attached hydrogens (tertiary/aromatic N) is 4. The van der Waals surface area contributed by atoms with Gasteiger partial charge in [0.05, 0.1) is 49.0 Å². The fraction of sp³-hybridized carbons (Fsp3) is 0.591. The Hall–Kier alpha value is -2.04. The second kappa shape index (κ2) is 8.72. The largest absolute Gasteiger partial charge is 0.384 e. The average Bonchev–Trinajstić information content (AvgIpc) is 2.78. The molecule has 1 aromatic rings. The summed E-state index contributed by atoms with van der Waals surface area (Å²) < 4.78 is 40.6. The van der Waals surface area contributed by atoms with Crippen LogP contribution in [0.4, 0.5) is 20.3 Å². The summed E-state index contributed by atoms with van der Waals surface area (Å²) in [6, 6.07) is 1.47. The van der Waals surface area contributed by atoms with E-state index in [0.29, 0.717) is 24.3 Å². The lowest BCUT2D eigenvalue weighted by molar-refractivity contribution is -0.136. The van der Waals surface area contributed by atoms with E-state index in [1.165, 1.54) is 24.2 Å². The van der Waals surface area contributed by atoms with E-state index in [0.717, 1.165) is 56.4 Å². The van der Waals surface area contributed by atoms with Gasteiger partial charge in [0, 0.05) is 54.8 Å². The second-order valence-electron chi connectivity index (χ2n) is 9.02. The van der Waals surface area contributed by atoms with E-state index in [2.05, 4.69) is 27.8 Å². The third-order valence-corrected chi connectivity index (χ3v) is 7.83. The maximum Gasteiger partial charge on any atom is 0.266 e. The Morgan fingerprint density at radius 2 is 2.00 bits per heavy atom. The van der Waals surface area contributed by atoms with E-state index in [1.54, 1.807) is 0 Å². The number of aromatic nitrogens is 1. The van der Waals surface area contributed by atoms with Gasteiger partial charge in [-0.05, 0) is 31.9 Å². The van der Waals surface area contributed by atoms with Crippen molar-refractivity contribution in [2.75, 3.05) is 56.1 Å². The van der Waals surface area contributed by atoms with Crippen molar-refractivity contribution in [1.29, 1.82) is 0 Å². The van der Waals surface area contributed by atoms with Gasteiger partial charge in [0.15, 0.2) is 0 Å². The molecule has 4 aliphatic rings. The van der Waals surface area contributed by atoms with Gasteiger partial charge in [0.1, 0.15) is 5.82 Å². The summed E-state index contributed by atoms with van der Waals surface area (Å²) in [5, 5.41) is 1.06. The lowest BCUT2D eigenvalue weighted by Crippen LogP contribution is -2.50. The number of nitrogens with two attached hydrogens (primary N) is 1. The quantitative estimate of drug-likeness (QED) is 0.677. The molecule has 5 heterocycles. The fourth-order valence-corrected chi connectivity index (χ4v) is 5.78. The number of nitrogen functional groups attached to an aromatic ring is 1. The summed E-state index contributed by atoms with van der Waals surface area (Å²) in [6.45, 7) is 7.75. The van der Waals surface area contributed by atoms with Crippen molar-refractivity contribution in [3.8, 4) is 0 Å². The first-order valence-electron chi connectivity index (χ1n) is 11.1. The molecule has 0 aliphatic carbocycles. The fourth-order valence-electron chi connectivity index (χ4n) is 4.69. The minimum atomic E-state index is -2.64. The van der Waals surface area contributed by atoms with E-state index in [1.807, 2.05) is 10.5 Å². The predicted molar refractivity (Wildman–Crippen MR) is 121 cm³/mol. The first-order chi connectivity index (χ1) is 15.4. The van der Waals surface area contributed by atoms with Crippen molar-refractivity contribution < 1.29 is 18.3 Å². The highest BCUT2D eigenvalue weighted by Gasteiger charge is 2.42. The minimum absolute atomic E-state index is 0.0943. The van der Waals surface area contributed by atoms with E-state index < -0.39 is 6.43 Å². The summed E-state index contributed by atoms with van der Waals surface area (Å²) >= 11 is 1.46. The van der Waals surface area contributed by atoms with Crippen molar-refractivity contribution in [2.24, 2.45) is 5.41 Å². The molecule has 0 unspecified atom stereocenters. The number of pyridine rings is 1. The summed E-state index contributed by atoms with van der Waals surface area (Å²) in [7, 11) is 0. The Kier molecular flexibility index (Phi) is 5.94. The van der Waals surface area contributed by atoms with Crippen molar-refractivity contribution in [2.45, 2.75) is 32.2 Å². The van der Waals surface area contributed by atoms with Gasteiger partial charge in [0.25, 0.3) is 6.43 Å². The normalized spacial score (nSPS) is 25.6. The number of hydrogen-bond acceptors (Lipinski definition) is 8. The highest BCUT2D eigenvalue weighted by atomic mass is 32.2. The topological polar surface area (TPSA) is 67.1 Å². The lowest BCUT2D eigenvalue weighted by Gasteiger charge is -2.49. The molecular weight excluding hydrogens is 436 g/mol. The van der Waals surface area contributed by atoms with Crippen LogP contribution in [-0.2, 0) is 9.47 Å². The number of hydrogen-bond donors (Lipinski definition) is 1. The number of alkyl halides is 2. The number of rotatable bonds is 4. The summed E-state index contributed by atoms with van der Waals surface area (Å²) in [5.41, 5.74) is 7.29. The smallest absolute Gasteiger partial charge is 0.266 e. The molecule has 1 aromatic heterocycles. The number of morpholine rings is 1. The molecule has 0 radical (unpaired) electrons. The molecule has 3 fully saturated rings. The lowest BCUT2D eigenvalue weighted by atomic mass is 9.77. The van der Waals surface area contributed by atoms with Gasteiger partial charge in [-0.1, -0.05) is 0 Å². The summed E-state index contributed by atoms with van der Waals surface area (Å²) in [4.78, 5) is 8.76. The van der Waals surface area contributed by atoms with Gasteiger partial charge in [-0.15, -0.1) is 0 Å². The Balaban J connectivity index is 1.46. The number of allylic oxidation sites excluding steroid dienone is 1. The molecule has 0 aromatic carbocycles. The SMILES string of the molecule is C[C@@H]1COCCN1C1=CN(c2cnc(N)cc2C(F)F)SC(N2CCC3(CC2)COC3)=C1. The van der Waals surface area contributed by atoms with Crippen LogP contribution in [0.25, 0.3) is 0 Å². The molecule has 5 rings (SSSR count). The molecule has 32 heavy (non-hydrogen) atoms. The molecule has 0 saturated carbocycles. The third kappa shape index (κ3) is 4.15. The minimum Gasteiger partial charge on any atom is -0.384 e. The van der Waals surface area contributed by atoms with E-state index in [9.17, 15) is 8.78 Å². The summed E-state index contributed by atoms with van der Waals surface area (Å²) in [5.74, 6) is 0.0943. The van der Waals surface area contributed by atoms with Gasteiger partial charge in [-0.25, -0.2) is 13.8 Å². The van der Waals surface area contributed by atoms with Gasteiger partial charge < -0.3 is 25.0 Å². The van der Waals surface area contributed by atoms with Crippen molar-refractivity contribution in [3.63, 3.8) is 0 Å². The molecular formula is C22H29F2N5O2S. The van der Waals surface area contributed by atoms with Crippen LogP contribution in [0.5, 0.6) is 0 Å². The van der Waals surface area contributed by atoms with Gasteiger partial charge in [-0.3, -0.25) is 4.31 Å². The Labute approximate surface area is 191 Å². The van der Waals surface area contributed by atoms with E-state index >= 15 is 0 Å². The maximum atomic E-state index is 13.9. The highest BCUT2D eigenvalue weighted by molar-refractivity contribution is 8.04. The van der Waals surface area contributed by atoms with Crippen molar-refractivity contribution in [1.82, 2.24) is 14.8 Å². The predicted octanol–water partition coefficient (Wildman–Crippen LogP) is 3.59. The number of anilines is 2. The Morgan fingerprint density at radius 1 is 1.22 bits per heavy atom. The molecule has 3 saturated heterocycles. The first kappa shape index (κ1) is 21.8. The first-order valence-corrected chi connectivity index (χ1v) is 11.8. The summed E-state index contributed by atoms with van der Waals surface area (Å²) in [6.07, 6.45) is 5.09. The van der Waals surface area contributed by atoms with Crippen molar-refractivity contribution in [3.05, 3.63) is 40.8 Å². The Bertz CT molecular complexity index is 914. The molecule has 174 valence electrons. The number of halogens is 2. The molecule has 4 aliphatic heterocycles. The second-order valence-corrected chi connectivity index (χ2v) is 10.0. The van der Waals surface area contributed by atoms with E-state index in [-0.39, 0.29) is 17.4 Å². The zero-order chi connectivity index (χ0) is 22.3. The van der Waals surface area contributed by atoms with Gasteiger partial charge in [0.2, 0.25) is 0 Å². The zero-order valence-electron chi connectivity index (χ0n) is 18.2. The Morgan fingerprint density at radius 3 is 2.66 bits per heavy atom. The van der Waals surface area contributed by atoms with Crippen LogP contribution in [-0.4, -0.2) is 66.9 Å². The highest BCUT2D eigenvalue weighted by Crippen LogP contribution is 2.44. The number of piperidine rings is 1. The maximum absolute atomic E-state index is 13.9. The molecule has 1 spiro atoms. The van der Waals surface area contributed by atoms with Gasteiger partial charge >= 0.3 is 0 Å². The van der Waals surface area contributed by atoms with Gasteiger partial charge in [-0.2, -0.15) is 0 Å². The molecule has 1 atom stereocenters. The molecule has 2 N–H and O–H groups in total.